The van der Waals surface area contributed by atoms with Gasteiger partial charge in [-0.15, -0.1) is 0 Å². The Kier molecular flexibility index (Phi) is 30.7. The number of rotatable bonds is 33. The van der Waals surface area contributed by atoms with Gasteiger partial charge in [0.1, 0.15) is 18.3 Å². The average Bonchev–Trinajstić information content (AvgIpc) is 3.11. The molecule has 0 bridgehead atoms. The highest BCUT2D eigenvalue weighted by Crippen LogP contribution is 2.26. The van der Waals surface area contributed by atoms with Gasteiger partial charge < -0.3 is 29.5 Å². The van der Waals surface area contributed by atoms with Crippen LogP contribution in [0, 0.1) is 0 Å². The fourth-order valence-electron chi connectivity index (χ4n) is 6.36. The normalized spacial score (nSPS) is 20.9. The van der Waals surface area contributed by atoms with Crippen LogP contribution in [0.2, 0.25) is 0 Å². The maximum atomic E-state index is 12.6. The lowest BCUT2D eigenvalue weighted by molar-refractivity contribution is -0.296. The summed E-state index contributed by atoms with van der Waals surface area (Å²) in [6.45, 7) is 3.92. The number of aliphatic hydroxyl groups excluding tert-OH is 3. The monoisotopic (exact) mass is 709 g/mol. The fraction of sp³-hybridized carbons (Fsp3) is 0.857. The molecule has 0 aromatic rings. The van der Waals surface area contributed by atoms with Crippen LogP contribution in [0.5, 0.6) is 0 Å². The van der Waals surface area contributed by atoms with Gasteiger partial charge in [0, 0.05) is 12.8 Å². The molecule has 8 nitrogen and oxygen atoms in total. The number of aliphatic hydroxyl groups is 3. The molecule has 1 heterocycles. The summed E-state index contributed by atoms with van der Waals surface area (Å²) in [5.41, 5.74) is 0. The lowest BCUT2D eigenvalue weighted by atomic mass is 9.99. The second-order valence-electron chi connectivity index (χ2n) is 14.3. The van der Waals surface area contributed by atoms with Gasteiger partial charge in [0.25, 0.3) is 0 Å². The predicted octanol–water partition coefficient (Wildman–Crippen LogP) is 9.96. The molecule has 3 N–H and O–H groups in total. The highest BCUT2D eigenvalue weighted by Gasteiger charge is 2.48. The molecule has 0 amide bonds. The lowest BCUT2D eigenvalue weighted by Gasteiger charge is -2.40. The minimum Gasteiger partial charge on any atom is -0.453 e. The molecule has 0 aromatic carbocycles. The zero-order valence-electron chi connectivity index (χ0n) is 32.1. The van der Waals surface area contributed by atoms with Gasteiger partial charge in [0.2, 0.25) is 6.29 Å². The van der Waals surface area contributed by atoms with Crippen molar-refractivity contribution in [3.63, 3.8) is 0 Å². The molecule has 8 heteroatoms. The Morgan fingerprint density at radius 2 is 0.880 bits per heavy atom. The first kappa shape index (κ1) is 46.3. The zero-order valence-corrected chi connectivity index (χ0v) is 32.1. The lowest BCUT2D eigenvalue weighted by Crippen LogP contribution is -2.60. The van der Waals surface area contributed by atoms with Crippen LogP contribution in [-0.4, -0.2) is 64.6 Å². The molecule has 1 saturated heterocycles. The van der Waals surface area contributed by atoms with E-state index in [0.717, 1.165) is 64.2 Å². The van der Waals surface area contributed by atoms with Crippen molar-refractivity contribution in [2.45, 2.75) is 224 Å². The van der Waals surface area contributed by atoms with E-state index in [2.05, 4.69) is 38.2 Å². The summed E-state index contributed by atoms with van der Waals surface area (Å²) in [6.07, 6.45) is 32.7. The SMILES string of the molecule is CCCCCCCCC=CCCCCCCCC(=O)OC1O[C@H](CO)[C@@H](O)[C@H](O)[C@H]1OC(=O)CCCCCCCC=CCCCCCCCC. The quantitative estimate of drug-likeness (QED) is 0.0350. The molecule has 50 heavy (non-hydrogen) atoms. The van der Waals surface area contributed by atoms with E-state index in [4.69, 9.17) is 14.2 Å². The van der Waals surface area contributed by atoms with Crippen LogP contribution in [0.15, 0.2) is 24.3 Å². The van der Waals surface area contributed by atoms with Gasteiger partial charge in [-0.2, -0.15) is 0 Å². The molecule has 1 rings (SSSR count). The van der Waals surface area contributed by atoms with Crippen LogP contribution >= 0.6 is 0 Å². The summed E-state index contributed by atoms with van der Waals surface area (Å²) >= 11 is 0. The summed E-state index contributed by atoms with van der Waals surface area (Å²) in [4.78, 5) is 25.3. The first-order chi connectivity index (χ1) is 24.4. The molecule has 292 valence electrons. The van der Waals surface area contributed by atoms with Gasteiger partial charge in [0.05, 0.1) is 6.61 Å². The molecule has 1 aliphatic heterocycles. The van der Waals surface area contributed by atoms with E-state index >= 15 is 0 Å². The molecular weight excluding hydrogens is 632 g/mol. The molecule has 1 unspecified atom stereocenters. The Morgan fingerprint density at radius 3 is 1.28 bits per heavy atom. The van der Waals surface area contributed by atoms with Crippen molar-refractivity contribution in [1.29, 1.82) is 0 Å². The van der Waals surface area contributed by atoms with Crippen LogP contribution in [0.3, 0.4) is 0 Å². The smallest absolute Gasteiger partial charge is 0.308 e. The van der Waals surface area contributed by atoms with Crippen molar-refractivity contribution in [3.05, 3.63) is 24.3 Å². The Labute approximate surface area is 305 Å². The predicted molar refractivity (Wildman–Crippen MR) is 203 cm³/mol. The van der Waals surface area contributed by atoms with Crippen molar-refractivity contribution in [2.75, 3.05) is 6.61 Å². The van der Waals surface area contributed by atoms with Crippen LogP contribution in [0.25, 0.3) is 0 Å². The van der Waals surface area contributed by atoms with Crippen LogP contribution in [0.4, 0.5) is 0 Å². The van der Waals surface area contributed by atoms with Crippen molar-refractivity contribution < 1.29 is 39.1 Å². The number of hydrogen-bond donors (Lipinski definition) is 3. The highest BCUT2D eigenvalue weighted by molar-refractivity contribution is 5.70. The van der Waals surface area contributed by atoms with Gasteiger partial charge >= 0.3 is 11.9 Å². The van der Waals surface area contributed by atoms with Crippen LogP contribution < -0.4 is 0 Å². The Hall–Kier alpha value is -1.74. The molecule has 1 fully saturated rings. The molecule has 0 aromatic heterocycles. The van der Waals surface area contributed by atoms with E-state index < -0.39 is 49.3 Å². The maximum Gasteiger partial charge on any atom is 0.308 e. The third-order valence-electron chi connectivity index (χ3n) is 9.63. The van der Waals surface area contributed by atoms with Gasteiger partial charge in [-0.3, -0.25) is 9.59 Å². The Morgan fingerprint density at radius 1 is 0.520 bits per heavy atom. The fourth-order valence-corrected chi connectivity index (χ4v) is 6.36. The summed E-state index contributed by atoms with van der Waals surface area (Å²) in [6, 6.07) is 0. The number of unbranched alkanes of at least 4 members (excludes halogenated alkanes) is 22. The van der Waals surface area contributed by atoms with E-state index in [0.29, 0.717) is 12.8 Å². The highest BCUT2D eigenvalue weighted by atomic mass is 16.7. The number of carbonyl (C=O) groups excluding carboxylic acids is 2. The summed E-state index contributed by atoms with van der Waals surface area (Å²) in [5, 5.41) is 30.6. The third kappa shape index (κ3) is 24.4. The van der Waals surface area contributed by atoms with E-state index in [9.17, 15) is 24.9 Å². The molecule has 0 saturated carbocycles. The minimum absolute atomic E-state index is 0.163. The number of carbonyl (C=O) groups is 2. The van der Waals surface area contributed by atoms with Crippen molar-refractivity contribution in [3.8, 4) is 0 Å². The topological polar surface area (TPSA) is 123 Å². The second-order valence-corrected chi connectivity index (χ2v) is 14.3. The second kappa shape index (κ2) is 33.1. The summed E-state index contributed by atoms with van der Waals surface area (Å²) in [5.74, 6) is -1.06. The van der Waals surface area contributed by atoms with E-state index in [1.165, 1.54) is 89.9 Å². The number of esters is 2. The van der Waals surface area contributed by atoms with Crippen molar-refractivity contribution in [1.82, 2.24) is 0 Å². The van der Waals surface area contributed by atoms with Gasteiger partial charge in [0.15, 0.2) is 6.10 Å². The molecule has 0 aliphatic carbocycles. The number of allylic oxidation sites excluding steroid dienone is 4. The molecule has 0 radical (unpaired) electrons. The molecule has 5 atom stereocenters. The summed E-state index contributed by atoms with van der Waals surface area (Å²) < 4.78 is 16.5. The number of ether oxygens (including phenoxy) is 3. The Bertz CT molecular complexity index is 859. The van der Waals surface area contributed by atoms with Crippen molar-refractivity contribution >= 4 is 11.9 Å². The first-order valence-corrected chi connectivity index (χ1v) is 20.8. The van der Waals surface area contributed by atoms with E-state index in [1.54, 1.807) is 0 Å². The average molecular weight is 709 g/mol. The number of hydrogen-bond acceptors (Lipinski definition) is 8. The standard InChI is InChI=1S/C42H76O8/c1-3-5-7-9-11-13-15-17-19-21-23-25-27-29-31-33-37(44)49-41-40(47)39(46)36(35-43)48-42(41)50-38(45)34-32-30-28-26-24-22-20-18-16-14-12-10-8-6-4-2/h17-20,36,39-43,46-47H,3-16,21-35H2,1-2H3/t36-,39-,40+,41-,42?/m1/s1. The maximum absolute atomic E-state index is 12.6. The van der Waals surface area contributed by atoms with E-state index in [1.807, 2.05) is 0 Å². The van der Waals surface area contributed by atoms with Crippen molar-refractivity contribution in [2.24, 2.45) is 0 Å². The van der Waals surface area contributed by atoms with Gasteiger partial charge in [-0.05, 0) is 64.2 Å². The molecule has 1 aliphatic rings. The molecular formula is C42H76O8. The summed E-state index contributed by atoms with van der Waals surface area (Å²) in [7, 11) is 0. The van der Waals surface area contributed by atoms with Gasteiger partial charge in [-0.25, -0.2) is 0 Å². The minimum atomic E-state index is -1.54. The van der Waals surface area contributed by atoms with Crippen LogP contribution in [-0.2, 0) is 23.8 Å². The third-order valence-corrected chi connectivity index (χ3v) is 9.63. The molecule has 0 spiro atoms. The zero-order chi connectivity index (χ0) is 36.5. The van der Waals surface area contributed by atoms with Crippen LogP contribution in [0.1, 0.15) is 194 Å². The van der Waals surface area contributed by atoms with E-state index in [-0.39, 0.29) is 12.8 Å². The van der Waals surface area contributed by atoms with Gasteiger partial charge in [-0.1, -0.05) is 141 Å². The Balaban J connectivity index is 2.23. The first-order valence-electron chi connectivity index (χ1n) is 20.8. The largest absolute Gasteiger partial charge is 0.453 e.